The van der Waals surface area contributed by atoms with E-state index in [1.165, 1.54) is 22.3 Å². The molecule has 3 rings (SSSR count). The number of aryl methyl sites for hydroxylation is 1. The van der Waals surface area contributed by atoms with Crippen LogP contribution in [0.3, 0.4) is 0 Å². The lowest BCUT2D eigenvalue weighted by Gasteiger charge is -2.14. The van der Waals surface area contributed by atoms with Gasteiger partial charge in [0.25, 0.3) is 0 Å². The molecule has 0 saturated heterocycles. The first-order chi connectivity index (χ1) is 9.26. The zero-order chi connectivity index (χ0) is 13.2. The average molecular weight is 253 g/mol. The van der Waals surface area contributed by atoms with Crippen LogP contribution in [0.25, 0.3) is 0 Å². The molecule has 0 fully saturated rings. The minimum atomic E-state index is 0.980. The molecule has 0 bridgehead atoms. The smallest absolute Gasteiger partial charge is 0.123 e. The Hall–Kier alpha value is -1.80. The number of rotatable bonds is 3. The molecule has 98 valence electrons. The Balaban J connectivity index is 1.81. The Morgan fingerprint density at radius 2 is 1.89 bits per heavy atom. The van der Waals surface area contributed by atoms with Crippen LogP contribution in [-0.4, -0.2) is 12.0 Å². The highest BCUT2D eigenvalue weighted by molar-refractivity contribution is 5.45. The second-order valence-electron chi connectivity index (χ2n) is 5.24. The summed E-state index contributed by atoms with van der Waals surface area (Å²) in [6.45, 7) is 5.12. The van der Waals surface area contributed by atoms with Gasteiger partial charge in [0.1, 0.15) is 5.75 Å². The molecule has 19 heavy (non-hydrogen) atoms. The average Bonchev–Trinajstić information content (AvgIpc) is 2.81. The van der Waals surface area contributed by atoms with Crippen molar-refractivity contribution in [2.75, 3.05) is 7.11 Å². The van der Waals surface area contributed by atoms with Gasteiger partial charge in [-0.05, 0) is 29.7 Å². The topological polar surface area (TPSA) is 12.5 Å². The SMILES string of the molecule is COc1cc(C)cc2c1CN(Cc1ccccc1)C2. The zero-order valence-electron chi connectivity index (χ0n) is 11.5. The molecule has 0 radical (unpaired) electrons. The Kier molecular flexibility index (Phi) is 3.26. The molecule has 0 unspecified atom stereocenters. The van der Waals surface area contributed by atoms with Crippen molar-refractivity contribution in [2.45, 2.75) is 26.6 Å². The van der Waals surface area contributed by atoms with E-state index in [2.05, 4.69) is 54.3 Å². The van der Waals surface area contributed by atoms with Crippen molar-refractivity contribution < 1.29 is 4.74 Å². The zero-order valence-corrected chi connectivity index (χ0v) is 11.5. The van der Waals surface area contributed by atoms with Gasteiger partial charge in [-0.25, -0.2) is 0 Å². The van der Waals surface area contributed by atoms with Crippen molar-refractivity contribution in [3.8, 4) is 5.75 Å². The fourth-order valence-corrected chi connectivity index (χ4v) is 2.83. The van der Waals surface area contributed by atoms with Crippen molar-refractivity contribution >= 4 is 0 Å². The summed E-state index contributed by atoms with van der Waals surface area (Å²) in [5, 5.41) is 0. The summed E-state index contributed by atoms with van der Waals surface area (Å²) in [7, 11) is 1.76. The summed E-state index contributed by atoms with van der Waals surface area (Å²) in [6.07, 6.45) is 0. The minimum Gasteiger partial charge on any atom is -0.496 e. The van der Waals surface area contributed by atoms with Gasteiger partial charge in [-0.3, -0.25) is 4.90 Å². The van der Waals surface area contributed by atoms with Crippen LogP contribution in [-0.2, 0) is 19.6 Å². The van der Waals surface area contributed by atoms with E-state index in [4.69, 9.17) is 4.74 Å². The molecule has 1 heterocycles. The van der Waals surface area contributed by atoms with Crippen molar-refractivity contribution in [3.63, 3.8) is 0 Å². The molecule has 0 aromatic heterocycles. The lowest BCUT2D eigenvalue weighted by Crippen LogP contribution is -2.15. The predicted octanol–water partition coefficient (Wildman–Crippen LogP) is 3.52. The minimum absolute atomic E-state index is 0.980. The first kappa shape index (κ1) is 12.2. The van der Waals surface area contributed by atoms with E-state index in [1.807, 2.05) is 0 Å². The summed E-state index contributed by atoms with van der Waals surface area (Å²) in [5.74, 6) is 1.03. The number of methoxy groups -OCH3 is 1. The predicted molar refractivity (Wildman–Crippen MR) is 77.1 cm³/mol. The monoisotopic (exact) mass is 253 g/mol. The maximum absolute atomic E-state index is 5.51. The second-order valence-corrected chi connectivity index (χ2v) is 5.24. The van der Waals surface area contributed by atoms with E-state index in [0.717, 1.165) is 25.4 Å². The second kappa shape index (κ2) is 5.06. The summed E-state index contributed by atoms with van der Waals surface area (Å²) in [5.41, 5.74) is 5.40. The van der Waals surface area contributed by atoms with Crippen molar-refractivity contribution in [1.29, 1.82) is 0 Å². The molecule has 0 N–H and O–H groups in total. The summed E-state index contributed by atoms with van der Waals surface area (Å²) < 4.78 is 5.51. The van der Waals surface area contributed by atoms with Crippen molar-refractivity contribution in [1.82, 2.24) is 4.90 Å². The highest BCUT2D eigenvalue weighted by Crippen LogP contribution is 2.32. The fourth-order valence-electron chi connectivity index (χ4n) is 2.83. The Bertz CT molecular complexity index is 577. The van der Waals surface area contributed by atoms with Crippen LogP contribution in [0.1, 0.15) is 22.3 Å². The first-order valence-corrected chi connectivity index (χ1v) is 6.69. The normalized spacial score (nSPS) is 14.4. The quantitative estimate of drug-likeness (QED) is 0.830. The summed E-state index contributed by atoms with van der Waals surface area (Å²) in [6, 6.07) is 15.0. The van der Waals surface area contributed by atoms with E-state index >= 15 is 0 Å². The molecule has 1 aliphatic heterocycles. The Labute approximate surface area is 114 Å². The van der Waals surface area contributed by atoms with E-state index in [0.29, 0.717) is 0 Å². The van der Waals surface area contributed by atoms with E-state index in [9.17, 15) is 0 Å². The molecule has 2 nitrogen and oxygen atoms in total. The maximum Gasteiger partial charge on any atom is 0.123 e. The number of ether oxygens (including phenoxy) is 1. The van der Waals surface area contributed by atoms with Gasteiger partial charge >= 0.3 is 0 Å². The third kappa shape index (κ3) is 2.49. The van der Waals surface area contributed by atoms with Crippen LogP contribution < -0.4 is 4.74 Å². The molecule has 0 saturated carbocycles. The first-order valence-electron chi connectivity index (χ1n) is 6.69. The van der Waals surface area contributed by atoms with Gasteiger partial charge < -0.3 is 4.74 Å². The van der Waals surface area contributed by atoms with Gasteiger partial charge in [0, 0.05) is 25.2 Å². The maximum atomic E-state index is 5.51. The van der Waals surface area contributed by atoms with Crippen LogP contribution in [0.4, 0.5) is 0 Å². The van der Waals surface area contributed by atoms with Gasteiger partial charge in [-0.15, -0.1) is 0 Å². The third-order valence-electron chi connectivity index (χ3n) is 3.69. The van der Waals surface area contributed by atoms with Gasteiger partial charge in [0.2, 0.25) is 0 Å². The molecule has 1 aliphatic rings. The van der Waals surface area contributed by atoms with Crippen LogP contribution in [0, 0.1) is 6.92 Å². The van der Waals surface area contributed by atoms with Crippen molar-refractivity contribution in [2.24, 2.45) is 0 Å². The largest absolute Gasteiger partial charge is 0.496 e. The van der Waals surface area contributed by atoms with Crippen molar-refractivity contribution in [3.05, 3.63) is 64.7 Å². The molecule has 2 aromatic carbocycles. The van der Waals surface area contributed by atoms with Gasteiger partial charge in [-0.2, -0.15) is 0 Å². The van der Waals surface area contributed by atoms with E-state index in [-0.39, 0.29) is 0 Å². The molecule has 2 aromatic rings. The van der Waals surface area contributed by atoms with Gasteiger partial charge in [-0.1, -0.05) is 36.4 Å². The number of hydrogen-bond donors (Lipinski definition) is 0. The molecule has 0 spiro atoms. The molecule has 0 amide bonds. The number of fused-ring (bicyclic) bond motifs is 1. The van der Waals surface area contributed by atoms with E-state index in [1.54, 1.807) is 7.11 Å². The Morgan fingerprint density at radius 3 is 2.63 bits per heavy atom. The number of hydrogen-bond acceptors (Lipinski definition) is 2. The fraction of sp³-hybridized carbons (Fsp3) is 0.294. The highest BCUT2D eigenvalue weighted by atomic mass is 16.5. The highest BCUT2D eigenvalue weighted by Gasteiger charge is 2.22. The summed E-state index contributed by atoms with van der Waals surface area (Å²) in [4.78, 5) is 2.46. The lowest BCUT2D eigenvalue weighted by molar-refractivity contribution is 0.273. The lowest BCUT2D eigenvalue weighted by atomic mass is 10.1. The van der Waals surface area contributed by atoms with E-state index < -0.39 is 0 Å². The van der Waals surface area contributed by atoms with Crippen LogP contribution in [0.2, 0.25) is 0 Å². The molecule has 2 heteroatoms. The Morgan fingerprint density at radius 1 is 1.11 bits per heavy atom. The van der Waals surface area contributed by atoms with Gasteiger partial charge in [0.05, 0.1) is 7.11 Å². The third-order valence-corrected chi connectivity index (χ3v) is 3.69. The number of nitrogens with zero attached hydrogens (tertiary/aromatic N) is 1. The van der Waals surface area contributed by atoms with Gasteiger partial charge in [0.15, 0.2) is 0 Å². The molecule has 0 aliphatic carbocycles. The van der Waals surface area contributed by atoms with Crippen LogP contribution in [0.15, 0.2) is 42.5 Å². The molecular weight excluding hydrogens is 234 g/mol. The summed E-state index contributed by atoms with van der Waals surface area (Å²) >= 11 is 0. The molecular formula is C17H19NO. The standard InChI is InChI=1S/C17H19NO/c1-13-8-15-11-18(10-14-6-4-3-5-7-14)12-16(15)17(9-13)19-2/h3-9H,10-12H2,1-2H3. The van der Waals surface area contributed by atoms with Crippen LogP contribution in [0.5, 0.6) is 5.75 Å². The molecule has 0 atom stereocenters. The number of benzene rings is 2. The van der Waals surface area contributed by atoms with Crippen LogP contribution >= 0.6 is 0 Å².